The van der Waals surface area contributed by atoms with Crippen molar-refractivity contribution in [2.24, 2.45) is 0 Å². The number of benzene rings is 1. The molecular formula is C11H14Si. The van der Waals surface area contributed by atoms with Crippen molar-refractivity contribution in [3.8, 4) is 0 Å². The van der Waals surface area contributed by atoms with Gasteiger partial charge in [0, 0.05) is 0 Å². The average molecular weight is 174 g/mol. The normalized spacial score (nSPS) is 27.8. The molecule has 0 fully saturated rings. The highest BCUT2D eigenvalue weighted by Crippen LogP contribution is 2.20. The quantitative estimate of drug-likeness (QED) is 0.574. The summed E-state index contributed by atoms with van der Waals surface area (Å²) in [5.41, 5.74) is 2.47. The summed E-state index contributed by atoms with van der Waals surface area (Å²) in [7, 11) is -1.14. The minimum Gasteiger partial charge on any atom is -0.0941 e. The van der Waals surface area contributed by atoms with E-state index in [1.165, 1.54) is 12.5 Å². The van der Waals surface area contributed by atoms with Crippen LogP contribution in [0.4, 0.5) is 0 Å². The van der Waals surface area contributed by atoms with E-state index in [1.54, 1.807) is 5.19 Å². The molecule has 0 saturated heterocycles. The molecule has 0 N–H and O–H groups in total. The minimum atomic E-state index is -1.14. The largest absolute Gasteiger partial charge is 0.107 e. The fourth-order valence-corrected chi connectivity index (χ4v) is 4.92. The number of hydrogen-bond acceptors (Lipinski definition) is 0. The van der Waals surface area contributed by atoms with Crippen LogP contribution in [0.3, 0.4) is 0 Å². The highest BCUT2D eigenvalue weighted by atomic mass is 28.3. The summed E-state index contributed by atoms with van der Waals surface area (Å²) in [4.78, 5) is 0. The van der Waals surface area contributed by atoms with E-state index in [0.29, 0.717) is 0 Å². The molecule has 0 aliphatic carbocycles. The highest BCUT2D eigenvalue weighted by molar-refractivity contribution is 6.95. The van der Waals surface area contributed by atoms with Gasteiger partial charge in [0.1, 0.15) is 8.07 Å². The van der Waals surface area contributed by atoms with Crippen molar-refractivity contribution in [2.45, 2.75) is 19.0 Å². The van der Waals surface area contributed by atoms with Crippen molar-refractivity contribution in [3.63, 3.8) is 0 Å². The van der Waals surface area contributed by atoms with Crippen molar-refractivity contribution >= 4 is 13.3 Å². The second-order valence-corrected chi connectivity index (χ2v) is 7.97. The lowest BCUT2D eigenvalue weighted by molar-refractivity contribution is 1.22. The Hall–Kier alpha value is -0.823. The molecule has 1 aromatic carbocycles. The van der Waals surface area contributed by atoms with Gasteiger partial charge in [-0.2, -0.15) is 0 Å². The Bertz CT molecular complexity index is 289. The lowest BCUT2D eigenvalue weighted by Gasteiger charge is -2.19. The van der Waals surface area contributed by atoms with Gasteiger partial charge in [0.05, 0.1) is 0 Å². The first-order valence-corrected chi connectivity index (χ1v) is 7.33. The molecule has 1 heterocycles. The van der Waals surface area contributed by atoms with E-state index in [9.17, 15) is 0 Å². The number of hydrogen-bond donors (Lipinski definition) is 0. The average Bonchev–Trinajstić information content (AvgIpc) is 2.55. The fraction of sp³-hybridized carbons (Fsp3) is 0.273. The van der Waals surface area contributed by atoms with Crippen LogP contribution < -0.4 is 5.19 Å². The van der Waals surface area contributed by atoms with E-state index in [4.69, 9.17) is 0 Å². The van der Waals surface area contributed by atoms with Gasteiger partial charge in [0.2, 0.25) is 0 Å². The molecule has 1 unspecified atom stereocenters. The topological polar surface area (TPSA) is 0 Å². The zero-order chi connectivity index (χ0) is 8.44. The predicted molar refractivity (Wildman–Crippen MR) is 56.3 cm³/mol. The van der Waals surface area contributed by atoms with Gasteiger partial charge in [0.15, 0.2) is 0 Å². The van der Waals surface area contributed by atoms with E-state index in [-0.39, 0.29) is 0 Å². The molecular weight excluding hydrogens is 160 g/mol. The first-order valence-electron chi connectivity index (χ1n) is 4.54. The molecule has 1 atom stereocenters. The van der Waals surface area contributed by atoms with Gasteiger partial charge in [-0.3, -0.25) is 0 Å². The lowest BCUT2D eigenvalue weighted by Crippen LogP contribution is -2.40. The van der Waals surface area contributed by atoms with Gasteiger partial charge < -0.3 is 0 Å². The van der Waals surface area contributed by atoms with Gasteiger partial charge in [-0.05, 0) is 12.5 Å². The van der Waals surface area contributed by atoms with Crippen LogP contribution in [0, 0.1) is 0 Å². The first-order chi connectivity index (χ1) is 5.81. The SMILES string of the molecule is C[Si]1(c2ccccc2)C=CCC1. The van der Waals surface area contributed by atoms with Crippen LogP contribution in [-0.4, -0.2) is 8.07 Å². The second-order valence-electron chi connectivity index (χ2n) is 3.72. The van der Waals surface area contributed by atoms with Crippen LogP contribution in [-0.2, 0) is 0 Å². The molecule has 0 spiro atoms. The monoisotopic (exact) mass is 174 g/mol. The van der Waals surface area contributed by atoms with Crippen molar-refractivity contribution in [2.75, 3.05) is 0 Å². The fourth-order valence-electron chi connectivity index (χ4n) is 1.87. The maximum Gasteiger partial charge on any atom is 0.107 e. The smallest absolute Gasteiger partial charge is 0.0941 e. The van der Waals surface area contributed by atoms with Gasteiger partial charge >= 0.3 is 0 Å². The molecule has 2 rings (SSSR count). The molecule has 0 bridgehead atoms. The first kappa shape index (κ1) is 7.81. The number of rotatable bonds is 1. The molecule has 0 nitrogen and oxygen atoms in total. The van der Waals surface area contributed by atoms with E-state index < -0.39 is 8.07 Å². The van der Waals surface area contributed by atoms with Gasteiger partial charge in [-0.1, -0.05) is 53.8 Å². The maximum atomic E-state index is 2.47. The van der Waals surface area contributed by atoms with Gasteiger partial charge in [-0.25, -0.2) is 0 Å². The third kappa shape index (κ3) is 1.25. The van der Waals surface area contributed by atoms with Gasteiger partial charge in [0.25, 0.3) is 0 Å². The molecule has 0 aromatic heterocycles. The van der Waals surface area contributed by atoms with Crippen LogP contribution in [0.2, 0.25) is 12.6 Å². The maximum absolute atomic E-state index is 2.47. The summed E-state index contributed by atoms with van der Waals surface area (Å²) in [5.74, 6) is 0. The van der Waals surface area contributed by atoms with Crippen LogP contribution in [0.15, 0.2) is 42.1 Å². The Morgan fingerprint density at radius 3 is 2.50 bits per heavy atom. The van der Waals surface area contributed by atoms with E-state index in [0.717, 1.165) is 0 Å². The summed E-state index contributed by atoms with van der Waals surface area (Å²) in [6, 6.07) is 12.4. The van der Waals surface area contributed by atoms with Crippen molar-refractivity contribution in [1.29, 1.82) is 0 Å². The van der Waals surface area contributed by atoms with Crippen molar-refractivity contribution < 1.29 is 0 Å². The third-order valence-corrected chi connectivity index (χ3v) is 6.70. The molecule has 1 aliphatic rings. The zero-order valence-electron chi connectivity index (χ0n) is 7.46. The molecule has 0 amide bonds. The molecule has 62 valence electrons. The molecule has 1 aromatic rings. The zero-order valence-corrected chi connectivity index (χ0v) is 8.46. The van der Waals surface area contributed by atoms with Crippen LogP contribution in [0.25, 0.3) is 0 Å². The Labute approximate surface area is 74.9 Å². The molecule has 0 saturated carbocycles. The Kier molecular flexibility index (Phi) is 1.89. The Balaban J connectivity index is 2.36. The summed E-state index contributed by atoms with van der Waals surface area (Å²) in [5, 5.41) is 1.58. The standard InChI is InChI=1S/C11H14Si/c1-12(9-5-6-10-12)11-7-3-2-4-8-11/h2-5,7-9H,6,10H2,1H3. The Morgan fingerprint density at radius 1 is 1.17 bits per heavy atom. The lowest BCUT2D eigenvalue weighted by atomic mass is 10.4. The highest BCUT2D eigenvalue weighted by Gasteiger charge is 2.28. The van der Waals surface area contributed by atoms with Crippen LogP contribution >= 0.6 is 0 Å². The molecule has 12 heavy (non-hydrogen) atoms. The Morgan fingerprint density at radius 2 is 1.92 bits per heavy atom. The van der Waals surface area contributed by atoms with Gasteiger partial charge in [-0.15, -0.1) is 0 Å². The second kappa shape index (κ2) is 2.90. The summed E-state index contributed by atoms with van der Waals surface area (Å²) in [6.45, 7) is 2.45. The molecule has 1 heteroatoms. The number of allylic oxidation sites excluding steroid dienone is 1. The molecule has 0 radical (unpaired) electrons. The van der Waals surface area contributed by atoms with Crippen molar-refractivity contribution in [3.05, 3.63) is 42.1 Å². The third-order valence-electron chi connectivity index (χ3n) is 2.75. The molecule has 1 aliphatic heterocycles. The summed E-state index contributed by atoms with van der Waals surface area (Å²) >= 11 is 0. The minimum absolute atomic E-state index is 1.14. The van der Waals surface area contributed by atoms with Crippen molar-refractivity contribution in [1.82, 2.24) is 0 Å². The van der Waals surface area contributed by atoms with E-state index >= 15 is 0 Å². The predicted octanol–water partition coefficient (Wildman–Crippen LogP) is 2.47. The van der Waals surface area contributed by atoms with Crippen LogP contribution in [0.5, 0.6) is 0 Å². The van der Waals surface area contributed by atoms with Crippen LogP contribution in [0.1, 0.15) is 6.42 Å². The summed E-state index contributed by atoms with van der Waals surface area (Å²) < 4.78 is 0. The summed E-state index contributed by atoms with van der Waals surface area (Å²) in [6.07, 6.45) is 3.64. The van der Waals surface area contributed by atoms with E-state index in [2.05, 4.69) is 48.7 Å². The van der Waals surface area contributed by atoms with E-state index in [1.807, 2.05) is 0 Å².